The molecule has 0 aromatic heterocycles. The van der Waals surface area contributed by atoms with E-state index < -0.39 is 0 Å². The summed E-state index contributed by atoms with van der Waals surface area (Å²) >= 11 is 0. The summed E-state index contributed by atoms with van der Waals surface area (Å²) in [6.45, 7) is 2.51. The molecule has 1 N–H and O–H groups in total. The lowest BCUT2D eigenvalue weighted by molar-refractivity contribution is 0.0994. The largest absolute Gasteiger partial charge is 0.383 e. The van der Waals surface area contributed by atoms with E-state index in [2.05, 4.69) is 29.6 Å². The van der Waals surface area contributed by atoms with E-state index in [0.717, 1.165) is 13.2 Å². The van der Waals surface area contributed by atoms with Crippen molar-refractivity contribution >= 4 is 0 Å². The highest BCUT2D eigenvalue weighted by Crippen LogP contribution is 2.15. The van der Waals surface area contributed by atoms with Gasteiger partial charge in [-0.1, -0.05) is 30.3 Å². The summed E-state index contributed by atoms with van der Waals surface area (Å²) in [5.41, 5.74) is 1.27. The zero-order valence-corrected chi connectivity index (χ0v) is 10.4. The molecule has 1 saturated heterocycles. The molecule has 94 valence electrons. The Morgan fingerprint density at radius 1 is 1.41 bits per heavy atom. The summed E-state index contributed by atoms with van der Waals surface area (Å²) in [6.07, 6.45) is 2.73. The van der Waals surface area contributed by atoms with Gasteiger partial charge in [0.05, 0.1) is 18.8 Å². The molecule has 17 heavy (non-hydrogen) atoms. The summed E-state index contributed by atoms with van der Waals surface area (Å²) in [5, 5.41) is 3.53. The average Bonchev–Trinajstić information content (AvgIpc) is 2.88. The van der Waals surface area contributed by atoms with Gasteiger partial charge in [-0.05, 0) is 18.4 Å². The summed E-state index contributed by atoms with van der Waals surface area (Å²) < 4.78 is 10.9. The van der Waals surface area contributed by atoms with Crippen molar-refractivity contribution in [2.45, 2.75) is 25.0 Å². The van der Waals surface area contributed by atoms with Crippen molar-refractivity contribution in [1.29, 1.82) is 0 Å². The zero-order valence-electron chi connectivity index (χ0n) is 10.4. The predicted octanol–water partition coefficient (Wildman–Crippen LogP) is 2.14. The van der Waals surface area contributed by atoms with Gasteiger partial charge in [-0.25, -0.2) is 0 Å². The van der Waals surface area contributed by atoms with Crippen LogP contribution in [0.15, 0.2) is 30.3 Å². The number of benzene rings is 1. The molecule has 0 saturated carbocycles. The third kappa shape index (κ3) is 3.80. The third-order valence-electron chi connectivity index (χ3n) is 3.15. The van der Waals surface area contributed by atoms with Crippen LogP contribution in [0.5, 0.6) is 0 Å². The highest BCUT2D eigenvalue weighted by atomic mass is 16.5. The van der Waals surface area contributed by atoms with Gasteiger partial charge in [-0.2, -0.15) is 0 Å². The minimum absolute atomic E-state index is 0.255. The van der Waals surface area contributed by atoms with Crippen LogP contribution in [0, 0.1) is 0 Å². The predicted molar refractivity (Wildman–Crippen MR) is 68.0 cm³/mol. The highest BCUT2D eigenvalue weighted by molar-refractivity contribution is 5.18. The van der Waals surface area contributed by atoms with Crippen molar-refractivity contribution in [3.63, 3.8) is 0 Å². The van der Waals surface area contributed by atoms with Gasteiger partial charge in [-0.3, -0.25) is 0 Å². The van der Waals surface area contributed by atoms with Crippen LogP contribution < -0.4 is 5.32 Å². The molecule has 1 heterocycles. The first-order valence-corrected chi connectivity index (χ1v) is 6.29. The fourth-order valence-corrected chi connectivity index (χ4v) is 2.20. The molecule has 1 aliphatic heterocycles. The maximum Gasteiger partial charge on any atom is 0.0700 e. The minimum atomic E-state index is 0.255. The van der Waals surface area contributed by atoms with Gasteiger partial charge in [0.25, 0.3) is 0 Å². The van der Waals surface area contributed by atoms with Crippen molar-refractivity contribution < 1.29 is 9.47 Å². The monoisotopic (exact) mass is 235 g/mol. The molecule has 1 aliphatic rings. The Kier molecular flexibility index (Phi) is 4.98. The van der Waals surface area contributed by atoms with Gasteiger partial charge in [0.15, 0.2) is 0 Å². The second-order valence-electron chi connectivity index (χ2n) is 4.46. The SMILES string of the molecule is COCC(NCC1CCCO1)c1ccccc1. The Morgan fingerprint density at radius 3 is 2.88 bits per heavy atom. The summed E-state index contributed by atoms with van der Waals surface area (Å²) in [4.78, 5) is 0. The lowest BCUT2D eigenvalue weighted by Gasteiger charge is -2.20. The van der Waals surface area contributed by atoms with E-state index in [-0.39, 0.29) is 6.04 Å². The maximum atomic E-state index is 5.61. The summed E-state index contributed by atoms with van der Waals surface area (Å²) in [7, 11) is 1.74. The molecule has 3 heteroatoms. The molecule has 2 atom stereocenters. The molecule has 0 spiro atoms. The van der Waals surface area contributed by atoms with E-state index in [1.165, 1.54) is 18.4 Å². The normalized spacial score (nSPS) is 21.6. The number of hydrogen-bond donors (Lipinski definition) is 1. The van der Waals surface area contributed by atoms with Crippen LogP contribution in [0.4, 0.5) is 0 Å². The molecule has 2 unspecified atom stereocenters. The Hall–Kier alpha value is -0.900. The molecule has 1 aromatic carbocycles. The van der Waals surface area contributed by atoms with E-state index in [4.69, 9.17) is 9.47 Å². The molecule has 0 bridgehead atoms. The minimum Gasteiger partial charge on any atom is -0.383 e. The molecule has 0 amide bonds. The average molecular weight is 235 g/mol. The van der Waals surface area contributed by atoms with Crippen LogP contribution in [-0.4, -0.2) is 33.0 Å². The number of hydrogen-bond acceptors (Lipinski definition) is 3. The van der Waals surface area contributed by atoms with Crippen LogP contribution in [-0.2, 0) is 9.47 Å². The lowest BCUT2D eigenvalue weighted by Crippen LogP contribution is -2.32. The summed E-state index contributed by atoms with van der Waals surface area (Å²) in [5.74, 6) is 0. The Bertz CT molecular complexity index is 309. The standard InChI is InChI=1S/C14H21NO2/c1-16-11-14(12-6-3-2-4-7-12)15-10-13-8-5-9-17-13/h2-4,6-7,13-15H,5,8-11H2,1H3. The Balaban J connectivity index is 1.88. The maximum absolute atomic E-state index is 5.61. The van der Waals surface area contributed by atoms with Gasteiger partial charge in [0.2, 0.25) is 0 Å². The van der Waals surface area contributed by atoms with E-state index in [1.54, 1.807) is 7.11 Å². The number of rotatable bonds is 6. The van der Waals surface area contributed by atoms with Crippen molar-refractivity contribution in [2.24, 2.45) is 0 Å². The molecule has 0 aliphatic carbocycles. The number of ether oxygens (including phenoxy) is 2. The van der Waals surface area contributed by atoms with E-state index in [1.807, 2.05) is 6.07 Å². The van der Waals surface area contributed by atoms with Crippen LogP contribution in [0.3, 0.4) is 0 Å². The fraction of sp³-hybridized carbons (Fsp3) is 0.571. The van der Waals surface area contributed by atoms with Gasteiger partial charge < -0.3 is 14.8 Å². The first kappa shape index (κ1) is 12.6. The van der Waals surface area contributed by atoms with Gasteiger partial charge in [-0.15, -0.1) is 0 Å². The molecule has 2 rings (SSSR count). The van der Waals surface area contributed by atoms with Crippen molar-refractivity contribution in [3.8, 4) is 0 Å². The molecule has 1 aromatic rings. The van der Waals surface area contributed by atoms with Crippen molar-refractivity contribution in [2.75, 3.05) is 26.9 Å². The first-order chi connectivity index (χ1) is 8.40. The molecular weight excluding hydrogens is 214 g/mol. The quantitative estimate of drug-likeness (QED) is 0.819. The second kappa shape index (κ2) is 6.74. The van der Waals surface area contributed by atoms with Gasteiger partial charge in [0.1, 0.15) is 0 Å². The first-order valence-electron chi connectivity index (χ1n) is 6.29. The van der Waals surface area contributed by atoms with Crippen LogP contribution in [0.25, 0.3) is 0 Å². The van der Waals surface area contributed by atoms with Crippen LogP contribution >= 0.6 is 0 Å². The van der Waals surface area contributed by atoms with E-state index in [0.29, 0.717) is 12.7 Å². The lowest BCUT2D eigenvalue weighted by atomic mass is 10.1. The van der Waals surface area contributed by atoms with Crippen LogP contribution in [0.2, 0.25) is 0 Å². The topological polar surface area (TPSA) is 30.5 Å². The van der Waals surface area contributed by atoms with Crippen LogP contribution in [0.1, 0.15) is 24.4 Å². The van der Waals surface area contributed by atoms with Crippen molar-refractivity contribution in [1.82, 2.24) is 5.32 Å². The zero-order chi connectivity index (χ0) is 11.9. The smallest absolute Gasteiger partial charge is 0.0700 e. The Labute approximate surface area is 103 Å². The number of methoxy groups -OCH3 is 1. The Morgan fingerprint density at radius 2 is 2.24 bits per heavy atom. The van der Waals surface area contributed by atoms with E-state index >= 15 is 0 Å². The molecule has 0 radical (unpaired) electrons. The summed E-state index contributed by atoms with van der Waals surface area (Å²) in [6, 6.07) is 10.7. The highest BCUT2D eigenvalue weighted by Gasteiger charge is 2.18. The third-order valence-corrected chi connectivity index (χ3v) is 3.15. The van der Waals surface area contributed by atoms with E-state index in [9.17, 15) is 0 Å². The fourth-order valence-electron chi connectivity index (χ4n) is 2.20. The molecule has 3 nitrogen and oxygen atoms in total. The number of nitrogens with one attached hydrogen (secondary N) is 1. The van der Waals surface area contributed by atoms with Gasteiger partial charge in [0, 0.05) is 20.3 Å². The molecule has 1 fully saturated rings. The molecular formula is C14H21NO2. The van der Waals surface area contributed by atoms with Gasteiger partial charge >= 0.3 is 0 Å². The second-order valence-corrected chi connectivity index (χ2v) is 4.46. The van der Waals surface area contributed by atoms with Crippen molar-refractivity contribution in [3.05, 3.63) is 35.9 Å².